The van der Waals surface area contributed by atoms with Gasteiger partial charge in [0, 0.05) is 28.9 Å². The molecule has 5 aromatic rings. The van der Waals surface area contributed by atoms with Crippen molar-refractivity contribution in [1.29, 1.82) is 0 Å². The van der Waals surface area contributed by atoms with Crippen molar-refractivity contribution in [2.24, 2.45) is 0 Å². The second kappa shape index (κ2) is 9.73. The van der Waals surface area contributed by atoms with Crippen molar-refractivity contribution in [3.8, 4) is 28.3 Å². The van der Waals surface area contributed by atoms with Gasteiger partial charge in [0.2, 0.25) is 0 Å². The lowest BCUT2D eigenvalue weighted by atomic mass is 9.98. The first kappa shape index (κ1) is 22.7. The summed E-state index contributed by atoms with van der Waals surface area (Å²) in [7, 11) is 0. The van der Waals surface area contributed by atoms with Crippen LogP contribution in [0.3, 0.4) is 0 Å². The molecular weight excluding hydrogens is 466 g/mol. The smallest absolute Gasteiger partial charge is 0.440 e. The van der Waals surface area contributed by atoms with E-state index in [0.29, 0.717) is 5.75 Å². The Labute approximate surface area is 213 Å². The molecule has 0 saturated carbocycles. The van der Waals surface area contributed by atoms with Gasteiger partial charge < -0.3 is 9.57 Å². The second-order valence-electron chi connectivity index (χ2n) is 9.01. The number of amides is 1. The van der Waals surface area contributed by atoms with Crippen molar-refractivity contribution in [3.05, 3.63) is 95.9 Å². The Hall–Kier alpha value is -4.72. The summed E-state index contributed by atoms with van der Waals surface area (Å²) in [6, 6.07) is 23.5. The number of carbonyl (C=O) groups excluding carboxylic acids is 1. The van der Waals surface area contributed by atoms with Gasteiger partial charge in [-0.05, 0) is 61.2 Å². The summed E-state index contributed by atoms with van der Waals surface area (Å²) in [5.41, 5.74) is 10.1. The number of benzene rings is 2. The minimum atomic E-state index is -0.677. The summed E-state index contributed by atoms with van der Waals surface area (Å²) in [6.07, 6.45) is 2.95. The van der Waals surface area contributed by atoms with Gasteiger partial charge in [-0.15, -0.1) is 0 Å². The monoisotopic (exact) mass is 491 g/mol. The number of carbonyl (C=O) groups is 1. The fraction of sp³-hybridized carbons (Fsp3) is 0.172. The third-order valence-electron chi connectivity index (χ3n) is 6.38. The van der Waals surface area contributed by atoms with Crippen molar-refractivity contribution >= 4 is 17.0 Å². The number of nitrogens with zero attached hydrogens (tertiary/aromatic N) is 4. The number of ether oxygens (including phenoxy) is 1. The molecule has 0 fully saturated rings. The highest BCUT2D eigenvalue weighted by molar-refractivity contribution is 5.89. The van der Waals surface area contributed by atoms with E-state index in [1.165, 1.54) is 5.69 Å². The van der Waals surface area contributed by atoms with Crippen LogP contribution < -0.4 is 10.3 Å². The van der Waals surface area contributed by atoms with Gasteiger partial charge in [-0.3, -0.25) is 14.6 Å². The van der Waals surface area contributed by atoms with Crippen LogP contribution in [0.1, 0.15) is 23.4 Å². The molecule has 3 aromatic heterocycles. The van der Waals surface area contributed by atoms with E-state index in [2.05, 4.69) is 27.3 Å². The van der Waals surface area contributed by atoms with Crippen LogP contribution in [0.5, 0.6) is 5.75 Å². The number of rotatable bonds is 6. The minimum Gasteiger partial charge on any atom is -0.443 e. The van der Waals surface area contributed by atoms with Crippen LogP contribution in [0.2, 0.25) is 0 Å². The van der Waals surface area contributed by atoms with Gasteiger partial charge in [-0.2, -0.15) is 10.6 Å². The summed E-state index contributed by atoms with van der Waals surface area (Å²) >= 11 is 0. The van der Waals surface area contributed by atoms with Gasteiger partial charge in [0.15, 0.2) is 5.75 Å². The molecule has 0 spiro atoms. The van der Waals surface area contributed by atoms with E-state index in [-0.39, 0.29) is 6.61 Å². The first-order valence-electron chi connectivity index (χ1n) is 12.2. The molecule has 1 aliphatic rings. The molecule has 6 rings (SSSR count). The lowest BCUT2D eigenvalue weighted by molar-refractivity contribution is 0.0947. The Morgan fingerprint density at radius 1 is 1.05 bits per heavy atom. The number of aromatic nitrogens is 4. The molecule has 2 aromatic carbocycles. The van der Waals surface area contributed by atoms with Crippen LogP contribution >= 0.6 is 0 Å². The van der Waals surface area contributed by atoms with Gasteiger partial charge in [0.05, 0.1) is 17.4 Å². The first-order valence-corrected chi connectivity index (χ1v) is 12.2. The predicted octanol–water partition coefficient (Wildman–Crippen LogP) is 5.64. The zero-order valence-electron chi connectivity index (χ0n) is 20.3. The molecule has 8 heteroatoms. The van der Waals surface area contributed by atoms with Crippen molar-refractivity contribution in [1.82, 2.24) is 25.2 Å². The Morgan fingerprint density at radius 2 is 1.95 bits per heavy atom. The van der Waals surface area contributed by atoms with Gasteiger partial charge >= 0.3 is 6.09 Å². The highest BCUT2D eigenvalue weighted by Crippen LogP contribution is 2.38. The van der Waals surface area contributed by atoms with Crippen molar-refractivity contribution in [2.45, 2.75) is 32.9 Å². The number of hydrogen-bond acceptors (Lipinski definition) is 6. The molecule has 0 saturated heterocycles. The molecule has 184 valence electrons. The summed E-state index contributed by atoms with van der Waals surface area (Å²) in [6.45, 7) is 3.05. The van der Waals surface area contributed by atoms with Crippen LogP contribution in [0.25, 0.3) is 33.4 Å². The van der Waals surface area contributed by atoms with Crippen molar-refractivity contribution in [2.75, 3.05) is 0 Å². The number of hydroxylamine groups is 1. The molecule has 37 heavy (non-hydrogen) atoms. The first-order chi connectivity index (χ1) is 18.1. The molecular formula is C29H25N5O3. The van der Waals surface area contributed by atoms with E-state index in [1.807, 2.05) is 67.6 Å². The van der Waals surface area contributed by atoms with Gasteiger partial charge in [-0.25, -0.2) is 4.79 Å². The standard InChI is InChI=1S/C29H25N5O3/c1-19-7-5-10-25(31-19)28-27(26-11-6-14-34(26)32-28)21-12-13-24-22(15-21)16-23(17-30-24)37-33-29(35)36-18-20-8-3-2-4-9-20/h2-5,7-10,12-13,15-17H,6,11,14,18H2,1H3,(H,33,35). The largest absolute Gasteiger partial charge is 0.443 e. The molecule has 0 aliphatic carbocycles. The summed E-state index contributed by atoms with van der Waals surface area (Å²) < 4.78 is 7.30. The number of hydrogen-bond donors (Lipinski definition) is 1. The highest BCUT2D eigenvalue weighted by atomic mass is 16.7. The molecule has 1 aliphatic heterocycles. The maximum absolute atomic E-state index is 12.1. The van der Waals surface area contributed by atoms with Gasteiger partial charge in [0.1, 0.15) is 12.3 Å². The van der Waals surface area contributed by atoms with Gasteiger partial charge in [0.25, 0.3) is 0 Å². The third kappa shape index (κ3) is 4.73. The SMILES string of the molecule is Cc1cccc(-c2nn3c(c2-c2ccc4ncc(ONC(=O)OCc5ccccc5)cc4c2)CCC3)n1. The average Bonchev–Trinajstić information content (AvgIpc) is 3.52. The number of aryl methyl sites for hydroxylation is 2. The summed E-state index contributed by atoms with van der Waals surface area (Å²) in [5, 5.41) is 5.80. The molecule has 8 nitrogen and oxygen atoms in total. The zero-order valence-corrected chi connectivity index (χ0v) is 20.3. The second-order valence-corrected chi connectivity index (χ2v) is 9.01. The van der Waals surface area contributed by atoms with E-state index < -0.39 is 6.09 Å². The Kier molecular flexibility index (Phi) is 5.98. The predicted molar refractivity (Wildman–Crippen MR) is 140 cm³/mol. The molecule has 1 amide bonds. The Bertz CT molecular complexity index is 1600. The van der Waals surface area contributed by atoms with Crippen LogP contribution in [0, 0.1) is 6.92 Å². The molecule has 0 unspecified atom stereocenters. The van der Waals surface area contributed by atoms with Crippen LogP contribution in [-0.4, -0.2) is 25.8 Å². The molecule has 1 N–H and O–H groups in total. The topological polar surface area (TPSA) is 91.2 Å². The lowest BCUT2D eigenvalue weighted by Crippen LogP contribution is -2.27. The molecule has 0 radical (unpaired) electrons. The normalized spacial score (nSPS) is 12.4. The Balaban J connectivity index is 1.25. The van der Waals surface area contributed by atoms with E-state index in [9.17, 15) is 4.79 Å². The van der Waals surface area contributed by atoms with Crippen LogP contribution in [0.4, 0.5) is 4.79 Å². The van der Waals surface area contributed by atoms with E-state index in [1.54, 1.807) is 6.20 Å². The van der Waals surface area contributed by atoms with Crippen molar-refractivity contribution in [3.63, 3.8) is 0 Å². The molecule has 4 heterocycles. The van der Waals surface area contributed by atoms with E-state index >= 15 is 0 Å². The highest BCUT2D eigenvalue weighted by Gasteiger charge is 2.24. The fourth-order valence-electron chi connectivity index (χ4n) is 4.67. The average molecular weight is 492 g/mol. The third-order valence-corrected chi connectivity index (χ3v) is 6.38. The molecule has 0 atom stereocenters. The molecule has 0 bridgehead atoms. The maximum Gasteiger partial charge on any atom is 0.440 e. The fourth-order valence-corrected chi connectivity index (χ4v) is 4.67. The Morgan fingerprint density at radius 3 is 2.81 bits per heavy atom. The maximum atomic E-state index is 12.1. The van der Waals surface area contributed by atoms with Crippen LogP contribution in [0.15, 0.2) is 79.0 Å². The van der Waals surface area contributed by atoms with Gasteiger partial charge in [-0.1, -0.05) is 42.5 Å². The number of pyridine rings is 2. The van der Waals surface area contributed by atoms with Crippen molar-refractivity contribution < 1.29 is 14.4 Å². The quantitative estimate of drug-likeness (QED) is 0.309. The summed E-state index contributed by atoms with van der Waals surface area (Å²) in [5.74, 6) is 0.405. The zero-order chi connectivity index (χ0) is 25.2. The number of fused-ring (bicyclic) bond motifs is 2. The lowest BCUT2D eigenvalue weighted by Gasteiger charge is -2.10. The van der Waals surface area contributed by atoms with Crippen LogP contribution in [-0.2, 0) is 24.3 Å². The minimum absolute atomic E-state index is 0.156. The summed E-state index contributed by atoms with van der Waals surface area (Å²) in [4.78, 5) is 26.8. The number of nitrogens with one attached hydrogen (secondary N) is 1. The van der Waals surface area contributed by atoms with E-state index in [0.717, 1.165) is 64.1 Å². The van der Waals surface area contributed by atoms with E-state index in [4.69, 9.17) is 19.7 Å².